The third kappa shape index (κ3) is 4.25. The van der Waals surface area contributed by atoms with Crippen LogP contribution in [0.5, 0.6) is 11.5 Å². The summed E-state index contributed by atoms with van der Waals surface area (Å²) in [4.78, 5) is 11.3. The van der Waals surface area contributed by atoms with E-state index >= 15 is 0 Å². The number of nitrogens with zero attached hydrogens (tertiary/aromatic N) is 3. The van der Waals surface area contributed by atoms with Crippen LogP contribution in [0.3, 0.4) is 0 Å². The predicted molar refractivity (Wildman–Crippen MR) is 101 cm³/mol. The molecular formula is C19H25N3O2S. The second-order valence-corrected chi connectivity index (χ2v) is 7.34. The van der Waals surface area contributed by atoms with Gasteiger partial charge in [-0.05, 0) is 24.8 Å². The average molecular weight is 359 g/mol. The molecule has 1 saturated heterocycles. The second kappa shape index (κ2) is 8.54. The van der Waals surface area contributed by atoms with Crippen molar-refractivity contribution >= 4 is 11.8 Å². The molecule has 2 aromatic rings. The third-order valence-electron chi connectivity index (χ3n) is 4.51. The largest absolute Gasteiger partial charge is 0.493 e. The molecule has 0 saturated carbocycles. The molecule has 6 heteroatoms. The Kier molecular flexibility index (Phi) is 6.15. The Hall–Kier alpha value is -1.79. The van der Waals surface area contributed by atoms with E-state index in [4.69, 9.17) is 9.47 Å². The Morgan fingerprint density at radius 1 is 1.20 bits per heavy atom. The lowest BCUT2D eigenvalue weighted by molar-refractivity contribution is 0.322. The molecule has 0 amide bonds. The predicted octanol–water partition coefficient (Wildman–Crippen LogP) is 3.60. The van der Waals surface area contributed by atoms with Gasteiger partial charge in [0.1, 0.15) is 0 Å². The number of benzene rings is 1. The first kappa shape index (κ1) is 18.0. The summed E-state index contributed by atoms with van der Waals surface area (Å²) in [5, 5.41) is 0.853. The molecule has 3 rings (SSSR count). The van der Waals surface area contributed by atoms with Crippen LogP contribution in [0.2, 0.25) is 0 Å². The van der Waals surface area contributed by atoms with Crippen molar-refractivity contribution in [3.05, 3.63) is 41.7 Å². The van der Waals surface area contributed by atoms with E-state index in [1.165, 1.54) is 11.1 Å². The summed E-state index contributed by atoms with van der Waals surface area (Å²) >= 11 is 1.67. The Bertz CT molecular complexity index is 694. The van der Waals surface area contributed by atoms with Crippen LogP contribution < -0.4 is 9.47 Å². The van der Waals surface area contributed by atoms with Gasteiger partial charge < -0.3 is 9.47 Å². The summed E-state index contributed by atoms with van der Waals surface area (Å²) in [7, 11) is 3.39. The average Bonchev–Trinajstić information content (AvgIpc) is 3.11. The van der Waals surface area contributed by atoms with Crippen molar-refractivity contribution < 1.29 is 9.47 Å². The fourth-order valence-electron chi connectivity index (χ4n) is 3.35. The number of thioether (sulfide) groups is 1. The number of methoxy groups -OCH3 is 2. The van der Waals surface area contributed by atoms with Gasteiger partial charge in [0, 0.05) is 42.5 Å². The van der Waals surface area contributed by atoms with E-state index in [1.54, 1.807) is 26.0 Å². The molecule has 1 aromatic heterocycles. The molecule has 0 N–H and O–H groups in total. The van der Waals surface area contributed by atoms with Gasteiger partial charge in [-0.15, -0.1) is 0 Å². The van der Waals surface area contributed by atoms with Crippen LogP contribution in [0.1, 0.15) is 30.4 Å². The molecule has 0 spiro atoms. The molecule has 1 aliphatic heterocycles. The highest BCUT2D eigenvalue weighted by Gasteiger charge is 2.27. The molecule has 0 radical (unpaired) electrons. The number of likely N-dealkylation sites (tertiary alicyclic amines) is 1. The second-order valence-electron chi connectivity index (χ2n) is 6.11. The first-order valence-electron chi connectivity index (χ1n) is 8.62. The zero-order chi connectivity index (χ0) is 17.6. The Morgan fingerprint density at radius 3 is 2.68 bits per heavy atom. The quantitative estimate of drug-likeness (QED) is 0.556. The van der Waals surface area contributed by atoms with Gasteiger partial charge in [0.2, 0.25) is 0 Å². The fraction of sp³-hybridized carbons (Fsp3) is 0.474. The van der Waals surface area contributed by atoms with Gasteiger partial charge in [-0.3, -0.25) is 4.90 Å². The maximum atomic E-state index is 5.60. The summed E-state index contributed by atoms with van der Waals surface area (Å²) in [6, 6.07) is 6.13. The van der Waals surface area contributed by atoms with Gasteiger partial charge in [-0.1, -0.05) is 30.8 Å². The maximum absolute atomic E-state index is 5.60. The molecule has 1 atom stereocenters. The third-order valence-corrected chi connectivity index (χ3v) is 5.26. The zero-order valence-electron chi connectivity index (χ0n) is 15.1. The van der Waals surface area contributed by atoms with E-state index < -0.39 is 0 Å². The SMILES string of the molecule is CCSc1ncc(CN2CCC(c3cccc(OC)c3OC)C2)cn1. The first-order valence-corrected chi connectivity index (χ1v) is 9.60. The van der Waals surface area contributed by atoms with Crippen molar-refractivity contribution in [3.63, 3.8) is 0 Å². The minimum atomic E-state index is 0.459. The van der Waals surface area contributed by atoms with Gasteiger partial charge >= 0.3 is 0 Å². The van der Waals surface area contributed by atoms with Crippen LogP contribution in [-0.4, -0.2) is 47.9 Å². The maximum Gasteiger partial charge on any atom is 0.187 e. The minimum absolute atomic E-state index is 0.459. The molecule has 134 valence electrons. The standard InChI is InChI=1S/C19H25N3O2S/c1-4-25-19-20-10-14(11-21-19)12-22-9-8-15(13-22)16-6-5-7-17(23-2)18(16)24-3/h5-7,10-11,15H,4,8-9,12-13H2,1-3H3. The summed E-state index contributed by atoms with van der Waals surface area (Å²) in [6.45, 7) is 5.07. The van der Waals surface area contributed by atoms with E-state index in [0.29, 0.717) is 5.92 Å². The molecule has 0 aliphatic carbocycles. The molecule has 0 bridgehead atoms. The molecule has 2 heterocycles. The van der Waals surface area contributed by atoms with Crippen LogP contribution in [0.15, 0.2) is 35.7 Å². The number of aromatic nitrogens is 2. The van der Waals surface area contributed by atoms with Crippen LogP contribution >= 0.6 is 11.8 Å². The van der Waals surface area contributed by atoms with Crippen LogP contribution in [0, 0.1) is 0 Å². The minimum Gasteiger partial charge on any atom is -0.493 e. The summed E-state index contributed by atoms with van der Waals surface area (Å²) in [5.41, 5.74) is 2.40. The number of ether oxygens (including phenoxy) is 2. The first-order chi connectivity index (χ1) is 12.2. The molecule has 5 nitrogen and oxygen atoms in total. The van der Waals surface area contributed by atoms with Crippen LogP contribution in [0.4, 0.5) is 0 Å². The molecule has 1 unspecified atom stereocenters. The number of para-hydroxylation sites is 1. The van der Waals surface area contributed by atoms with Crippen molar-refractivity contribution in [3.8, 4) is 11.5 Å². The van der Waals surface area contributed by atoms with Crippen molar-refractivity contribution in [2.24, 2.45) is 0 Å². The van der Waals surface area contributed by atoms with E-state index in [9.17, 15) is 0 Å². The van der Waals surface area contributed by atoms with Gasteiger partial charge in [-0.25, -0.2) is 9.97 Å². The zero-order valence-corrected chi connectivity index (χ0v) is 15.9. The monoisotopic (exact) mass is 359 g/mol. The van der Waals surface area contributed by atoms with Crippen LogP contribution in [-0.2, 0) is 6.54 Å². The van der Waals surface area contributed by atoms with E-state index in [0.717, 1.165) is 48.5 Å². The highest BCUT2D eigenvalue weighted by molar-refractivity contribution is 7.99. The van der Waals surface area contributed by atoms with Crippen molar-refractivity contribution in [2.75, 3.05) is 33.1 Å². The van der Waals surface area contributed by atoms with Crippen molar-refractivity contribution in [1.82, 2.24) is 14.9 Å². The molecule has 25 heavy (non-hydrogen) atoms. The molecular weight excluding hydrogens is 334 g/mol. The van der Waals surface area contributed by atoms with Gasteiger partial charge in [-0.2, -0.15) is 0 Å². The highest BCUT2D eigenvalue weighted by Crippen LogP contribution is 2.39. The molecule has 1 aliphatic rings. The highest BCUT2D eigenvalue weighted by atomic mass is 32.2. The van der Waals surface area contributed by atoms with Gasteiger partial charge in [0.15, 0.2) is 16.7 Å². The van der Waals surface area contributed by atoms with Crippen LogP contribution in [0.25, 0.3) is 0 Å². The number of hydrogen-bond acceptors (Lipinski definition) is 6. The van der Waals surface area contributed by atoms with Crippen molar-refractivity contribution in [2.45, 2.75) is 31.0 Å². The Morgan fingerprint density at radius 2 is 2.00 bits per heavy atom. The summed E-state index contributed by atoms with van der Waals surface area (Å²) in [5.74, 6) is 3.12. The smallest absolute Gasteiger partial charge is 0.187 e. The lowest BCUT2D eigenvalue weighted by Crippen LogP contribution is -2.20. The normalized spacial score (nSPS) is 17.6. The van der Waals surface area contributed by atoms with E-state index in [1.807, 2.05) is 24.5 Å². The number of hydrogen-bond donors (Lipinski definition) is 0. The van der Waals surface area contributed by atoms with E-state index in [-0.39, 0.29) is 0 Å². The topological polar surface area (TPSA) is 47.5 Å². The van der Waals surface area contributed by atoms with Gasteiger partial charge in [0.05, 0.1) is 14.2 Å². The Labute approximate surface area is 153 Å². The van der Waals surface area contributed by atoms with Gasteiger partial charge in [0.25, 0.3) is 0 Å². The summed E-state index contributed by atoms with van der Waals surface area (Å²) < 4.78 is 11.0. The molecule has 1 aromatic carbocycles. The van der Waals surface area contributed by atoms with E-state index in [2.05, 4.69) is 27.9 Å². The Balaban J connectivity index is 1.66. The summed E-state index contributed by atoms with van der Waals surface area (Å²) in [6.07, 6.45) is 5.02. The lowest BCUT2D eigenvalue weighted by atomic mass is 9.97. The fourth-order valence-corrected chi connectivity index (χ4v) is 3.86. The molecule has 1 fully saturated rings. The van der Waals surface area contributed by atoms with Crippen molar-refractivity contribution in [1.29, 1.82) is 0 Å². The number of rotatable bonds is 7. The lowest BCUT2D eigenvalue weighted by Gasteiger charge is -2.18.